The lowest BCUT2D eigenvalue weighted by Gasteiger charge is -2.34. The summed E-state index contributed by atoms with van der Waals surface area (Å²) in [4.78, 5) is 29.4. The summed E-state index contributed by atoms with van der Waals surface area (Å²) in [5.41, 5.74) is 2.99. The highest BCUT2D eigenvalue weighted by Crippen LogP contribution is 2.26. The minimum Gasteiger partial charge on any atom is -0.355 e. The van der Waals surface area contributed by atoms with Gasteiger partial charge in [0, 0.05) is 24.5 Å². The number of hydrogen-bond acceptors (Lipinski definition) is 4. The Balaban J connectivity index is 1.78. The monoisotopic (exact) mass is 603 g/mol. The van der Waals surface area contributed by atoms with Crippen LogP contribution in [0.1, 0.15) is 23.6 Å². The van der Waals surface area contributed by atoms with Gasteiger partial charge in [-0.15, -0.1) is 0 Å². The lowest BCUT2D eigenvalue weighted by atomic mass is 10.0. The van der Waals surface area contributed by atoms with Gasteiger partial charge in [0.1, 0.15) is 12.6 Å². The van der Waals surface area contributed by atoms with E-state index < -0.39 is 28.5 Å². The number of carbonyl (C=O) groups excluding carboxylic acids is 2. The van der Waals surface area contributed by atoms with E-state index in [-0.39, 0.29) is 29.5 Å². The number of hydrogen-bond donors (Lipinski definition) is 1. The summed E-state index contributed by atoms with van der Waals surface area (Å²) < 4.78 is 28.9. The van der Waals surface area contributed by atoms with Gasteiger partial charge in [-0.1, -0.05) is 90.0 Å². The highest BCUT2D eigenvalue weighted by molar-refractivity contribution is 7.92. The molecule has 42 heavy (non-hydrogen) atoms. The first-order chi connectivity index (χ1) is 20.2. The van der Waals surface area contributed by atoms with Gasteiger partial charge in [0.05, 0.1) is 10.6 Å². The lowest BCUT2D eigenvalue weighted by Crippen LogP contribution is -2.53. The summed E-state index contributed by atoms with van der Waals surface area (Å²) in [7, 11) is -4.15. The Morgan fingerprint density at radius 1 is 0.833 bits per heavy atom. The fourth-order valence-corrected chi connectivity index (χ4v) is 6.27. The van der Waals surface area contributed by atoms with E-state index in [0.29, 0.717) is 11.6 Å². The molecule has 0 heterocycles. The van der Waals surface area contributed by atoms with Crippen LogP contribution in [-0.2, 0) is 32.6 Å². The molecule has 0 aliphatic carbocycles. The van der Waals surface area contributed by atoms with Gasteiger partial charge in [-0.3, -0.25) is 13.9 Å². The van der Waals surface area contributed by atoms with Crippen LogP contribution >= 0.6 is 11.6 Å². The molecule has 4 aromatic rings. The average molecular weight is 604 g/mol. The highest BCUT2D eigenvalue weighted by Gasteiger charge is 2.34. The standard InChI is InChI=1S/C33H34ClN3O4S/c1-3-35-33(39)31(22-26-12-6-4-7-13-26)36(23-27-14-10-11-25(2)21-27)32(38)24-37(29-19-17-28(34)18-20-29)42(40,41)30-15-8-5-9-16-30/h4-21,31H,3,22-24H2,1-2H3,(H,35,39)/t31-/m1/s1. The minimum absolute atomic E-state index is 0.0440. The predicted molar refractivity (Wildman–Crippen MR) is 167 cm³/mol. The average Bonchev–Trinajstić information content (AvgIpc) is 2.99. The van der Waals surface area contributed by atoms with Crippen LogP contribution < -0.4 is 9.62 Å². The first-order valence-electron chi connectivity index (χ1n) is 13.7. The van der Waals surface area contributed by atoms with Gasteiger partial charge >= 0.3 is 0 Å². The molecule has 4 rings (SSSR count). The number of likely N-dealkylation sites (N-methyl/N-ethyl adjacent to an activating group) is 1. The van der Waals surface area contributed by atoms with E-state index in [4.69, 9.17) is 11.6 Å². The number of carbonyl (C=O) groups is 2. The molecule has 1 N–H and O–H groups in total. The minimum atomic E-state index is -4.15. The Morgan fingerprint density at radius 2 is 1.45 bits per heavy atom. The second-order valence-corrected chi connectivity index (χ2v) is 12.2. The van der Waals surface area contributed by atoms with Gasteiger partial charge in [0.25, 0.3) is 10.0 Å². The highest BCUT2D eigenvalue weighted by atomic mass is 35.5. The number of anilines is 1. The van der Waals surface area contributed by atoms with Crippen LogP contribution in [0.3, 0.4) is 0 Å². The number of amides is 2. The van der Waals surface area contributed by atoms with Crippen LogP contribution in [-0.4, -0.2) is 44.3 Å². The molecule has 0 spiro atoms. The predicted octanol–water partition coefficient (Wildman–Crippen LogP) is 5.62. The fourth-order valence-electron chi connectivity index (χ4n) is 4.71. The summed E-state index contributed by atoms with van der Waals surface area (Å²) in [5, 5.41) is 3.30. The van der Waals surface area contributed by atoms with Crippen molar-refractivity contribution in [3.8, 4) is 0 Å². The van der Waals surface area contributed by atoms with Crippen molar-refractivity contribution in [2.24, 2.45) is 0 Å². The molecule has 9 heteroatoms. The first-order valence-corrected chi connectivity index (χ1v) is 15.5. The third kappa shape index (κ3) is 7.78. The molecule has 0 saturated carbocycles. The van der Waals surface area contributed by atoms with Gasteiger partial charge < -0.3 is 10.2 Å². The van der Waals surface area contributed by atoms with Crippen LogP contribution in [0.2, 0.25) is 5.02 Å². The zero-order valence-electron chi connectivity index (χ0n) is 23.6. The van der Waals surface area contributed by atoms with Crippen molar-refractivity contribution >= 4 is 39.1 Å². The number of halogens is 1. The van der Waals surface area contributed by atoms with Gasteiger partial charge in [0.15, 0.2) is 0 Å². The summed E-state index contributed by atoms with van der Waals surface area (Å²) in [6.07, 6.45) is 0.261. The molecule has 4 aromatic carbocycles. The van der Waals surface area contributed by atoms with Crippen molar-refractivity contribution in [3.05, 3.63) is 131 Å². The van der Waals surface area contributed by atoms with Crippen molar-refractivity contribution in [2.75, 3.05) is 17.4 Å². The SMILES string of the molecule is CCNC(=O)[C@@H](Cc1ccccc1)N(Cc1cccc(C)c1)C(=O)CN(c1ccc(Cl)cc1)S(=O)(=O)c1ccccc1. The molecule has 0 fully saturated rings. The first kappa shape index (κ1) is 30.8. The molecule has 0 saturated heterocycles. The normalized spacial score (nSPS) is 11.9. The number of benzene rings is 4. The fraction of sp³-hybridized carbons (Fsp3) is 0.212. The second kappa shape index (κ2) is 14.2. The molecule has 218 valence electrons. The number of nitrogens with one attached hydrogen (secondary N) is 1. The Bertz CT molecular complexity index is 1600. The summed E-state index contributed by atoms with van der Waals surface area (Å²) >= 11 is 6.10. The van der Waals surface area contributed by atoms with Gasteiger partial charge in [-0.25, -0.2) is 8.42 Å². The zero-order chi connectivity index (χ0) is 30.1. The van der Waals surface area contributed by atoms with Crippen molar-refractivity contribution in [1.82, 2.24) is 10.2 Å². The van der Waals surface area contributed by atoms with E-state index in [0.717, 1.165) is 21.0 Å². The molecule has 1 atom stereocenters. The quantitative estimate of drug-likeness (QED) is 0.228. The Hall–Kier alpha value is -4.14. The third-order valence-corrected chi connectivity index (χ3v) is 8.82. The topological polar surface area (TPSA) is 86.8 Å². The molecular formula is C33H34ClN3O4S. The molecular weight excluding hydrogens is 570 g/mol. The van der Waals surface area contributed by atoms with Crippen molar-refractivity contribution in [3.63, 3.8) is 0 Å². The number of aryl methyl sites for hydroxylation is 1. The third-order valence-electron chi connectivity index (χ3n) is 6.78. The van der Waals surface area contributed by atoms with Crippen LogP contribution in [0.25, 0.3) is 0 Å². The maximum atomic E-state index is 14.3. The van der Waals surface area contributed by atoms with Gasteiger partial charge in [0.2, 0.25) is 11.8 Å². The van der Waals surface area contributed by atoms with Crippen LogP contribution in [0, 0.1) is 6.92 Å². The molecule has 0 radical (unpaired) electrons. The molecule has 7 nitrogen and oxygen atoms in total. The zero-order valence-corrected chi connectivity index (χ0v) is 25.2. The largest absolute Gasteiger partial charge is 0.355 e. The Labute approximate surface area is 252 Å². The lowest BCUT2D eigenvalue weighted by molar-refractivity contribution is -0.140. The van der Waals surface area contributed by atoms with E-state index in [2.05, 4.69) is 5.32 Å². The molecule has 0 aliphatic rings. The van der Waals surface area contributed by atoms with Gasteiger partial charge in [-0.05, 0) is 61.4 Å². The van der Waals surface area contributed by atoms with Crippen molar-refractivity contribution in [2.45, 2.75) is 37.8 Å². The summed E-state index contributed by atoms with van der Waals surface area (Å²) in [6.45, 7) is 3.76. The molecule has 0 bridgehead atoms. The molecule has 0 aromatic heterocycles. The molecule has 0 unspecified atom stereocenters. The van der Waals surface area contributed by atoms with E-state index in [1.54, 1.807) is 42.5 Å². The Kier molecular flexibility index (Phi) is 10.4. The number of rotatable bonds is 12. The maximum absolute atomic E-state index is 14.3. The van der Waals surface area contributed by atoms with Gasteiger partial charge in [-0.2, -0.15) is 0 Å². The van der Waals surface area contributed by atoms with E-state index in [1.165, 1.54) is 17.0 Å². The molecule has 0 aliphatic heterocycles. The Morgan fingerprint density at radius 3 is 2.07 bits per heavy atom. The van der Waals surface area contributed by atoms with Crippen LogP contribution in [0.5, 0.6) is 0 Å². The number of sulfonamides is 1. The van der Waals surface area contributed by atoms with Crippen LogP contribution in [0.15, 0.2) is 114 Å². The summed E-state index contributed by atoms with van der Waals surface area (Å²) in [6, 6.07) is 30.5. The smallest absolute Gasteiger partial charge is 0.264 e. The van der Waals surface area contributed by atoms with Crippen LogP contribution in [0.4, 0.5) is 5.69 Å². The second-order valence-electron chi connectivity index (χ2n) is 9.91. The molecule has 2 amide bonds. The van der Waals surface area contributed by atoms with Crippen molar-refractivity contribution in [1.29, 1.82) is 0 Å². The summed E-state index contributed by atoms with van der Waals surface area (Å²) in [5.74, 6) is -0.829. The number of nitrogens with zero attached hydrogens (tertiary/aromatic N) is 2. The maximum Gasteiger partial charge on any atom is 0.264 e. The van der Waals surface area contributed by atoms with E-state index in [9.17, 15) is 18.0 Å². The van der Waals surface area contributed by atoms with Crippen molar-refractivity contribution < 1.29 is 18.0 Å². The van der Waals surface area contributed by atoms with E-state index >= 15 is 0 Å². The van der Waals surface area contributed by atoms with E-state index in [1.807, 2.05) is 68.4 Å².